The molecular formula is C17H29NO2. The van der Waals surface area contributed by atoms with Gasteiger partial charge in [0.15, 0.2) is 0 Å². The Morgan fingerprint density at radius 3 is 2.10 bits per heavy atom. The molecule has 0 rings (SSSR count). The van der Waals surface area contributed by atoms with Crippen molar-refractivity contribution in [2.75, 3.05) is 6.54 Å². The molecule has 0 atom stereocenters. The van der Waals surface area contributed by atoms with Crippen LogP contribution in [0.1, 0.15) is 58.3 Å². The number of hydrogen-bond donors (Lipinski definition) is 2. The molecule has 0 bridgehead atoms. The van der Waals surface area contributed by atoms with Gasteiger partial charge in [0.05, 0.1) is 0 Å². The lowest BCUT2D eigenvalue weighted by molar-refractivity contribution is 0.194. The number of carboxylic acid groups (broad SMARTS) is 1. The highest BCUT2D eigenvalue weighted by atomic mass is 16.4. The van der Waals surface area contributed by atoms with E-state index < -0.39 is 6.09 Å². The third-order valence-electron chi connectivity index (χ3n) is 2.90. The third-order valence-corrected chi connectivity index (χ3v) is 2.90. The van der Waals surface area contributed by atoms with E-state index in [9.17, 15) is 4.79 Å². The molecule has 0 aromatic carbocycles. The Morgan fingerprint density at radius 1 is 0.900 bits per heavy atom. The van der Waals surface area contributed by atoms with Crippen molar-refractivity contribution in [1.29, 1.82) is 0 Å². The van der Waals surface area contributed by atoms with Gasteiger partial charge in [-0.3, -0.25) is 0 Å². The van der Waals surface area contributed by atoms with Gasteiger partial charge in [-0.2, -0.15) is 0 Å². The molecule has 1 amide bonds. The van der Waals surface area contributed by atoms with Gasteiger partial charge in [-0.25, -0.2) is 4.79 Å². The van der Waals surface area contributed by atoms with Gasteiger partial charge in [0.25, 0.3) is 0 Å². The standard InChI is InChI=1S/C17H29NO2/c1-2-3-4-5-6-7-8-9-10-11-12-13-14-15-16-18-17(19)20/h5-10,18H,2-4,11-16H2,1H3,(H,19,20)/b6-5+,8-7+,10-9+. The molecule has 3 heteroatoms. The Morgan fingerprint density at radius 2 is 1.50 bits per heavy atom. The number of carbonyl (C=O) groups is 1. The highest BCUT2D eigenvalue weighted by Gasteiger charge is 1.92. The maximum absolute atomic E-state index is 10.2. The zero-order valence-electron chi connectivity index (χ0n) is 12.7. The average Bonchev–Trinajstić information content (AvgIpc) is 2.43. The largest absolute Gasteiger partial charge is 0.465 e. The van der Waals surface area contributed by atoms with Crippen LogP contribution in [-0.4, -0.2) is 17.7 Å². The van der Waals surface area contributed by atoms with E-state index in [0.717, 1.165) is 25.7 Å². The highest BCUT2D eigenvalue weighted by Crippen LogP contribution is 2.03. The van der Waals surface area contributed by atoms with Crippen LogP contribution >= 0.6 is 0 Å². The van der Waals surface area contributed by atoms with Crippen molar-refractivity contribution in [2.24, 2.45) is 0 Å². The molecule has 3 nitrogen and oxygen atoms in total. The van der Waals surface area contributed by atoms with Crippen LogP contribution in [0.25, 0.3) is 0 Å². The maximum Gasteiger partial charge on any atom is 0.404 e. The normalized spacial score (nSPS) is 11.8. The molecule has 20 heavy (non-hydrogen) atoms. The van der Waals surface area contributed by atoms with Crippen molar-refractivity contribution in [1.82, 2.24) is 5.32 Å². The number of amides is 1. The Balaban J connectivity index is 3.29. The molecule has 0 saturated heterocycles. The number of hydrogen-bond acceptors (Lipinski definition) is 1. The molecule has 0 saturated carbocycles. The summed E-state index contributed by atoms with van der Waals surface area (Å²) in [5.74, 6) is 0. The van der Waals surface area contributed by atoms with Crippen molar-refractivity contribution in [3.05, 3.63) is 36.5 Å². The van der Waals surface area contributed by atoms with E-state index >= 15 is 0 Å². The first-order valence-corrected chi connectivity index (χ1v) is 7.72. The SMILES string of the molecule is CCCC/C=C/C=C/C=C/CCCCCCNC(=O)O. The van der Waals surface area contributed by atoms with Crippen LogP contribution < -0.4 is 5.32 Å². The molecule has 0 aliphatic rings. The monoisotopic (exact) mass is 279 g/mol. The summed E-state index contributed by atoms with van der Waals surface area (Å²) in [6, 6.07) is 0. The van der Waals surface area contributed by atoms with Gasteiger partial charge in [0, 0.05) is 6.54 Å². The highest BCUT2D eigenvalue weighted by molar-refractivity contribution is 5.64. The van der Waals surface area contributed by atoms with E-state index in [1.54, 1.807) is 0 Å². The van der Waals surface area contributed by atoms with Crippen LogP contribution in [0.5, 0.6) is 0 Å². The van der Waals surface area contributed by atoms with Crippen LogP contribution in [0.3, 0.4) is 0 Å². The predicted molar refractivity (Wildman–Crippen MR) is 86.1 cm³/mol. The van der Waals surface area contributed by atoms with E-state index in [1.807, 2.05) is 0 Å². The van der Waals surface area contributed by atoms with E-state index in [2.05, 4.69) is 48.7 Å². The van der Waals surface area contributed by atoms with Crippen LogP contribution in [0.2, 0.25) is 0 Å². The molecular weight excluding hydrogens is 250 g/mol. The second-order valence-corrected chi connectivity index (χ2v) is 4.82. The van der Waals surface area contributed by atoms with Gasteiger partial charge in [-0.15, -0.1) is 0 Å². The first-order chi connectivity index (χ1) is 9.77. The Kier molecular flexibility index (Phi) is 14.4. The van der Waals surface area contributed by atoms with Gasteiger partial charge in [0.1, 0.15) is 0 Å². The second-order valence-electron chi connectivity index (χ2n) is 4.82. The van der Waals surface area contributed by atoms with E-state index in [-0.39, 0.29) is 0 Å². The summed E-state index contributed by atoms with van der Waals surface area (Å²) < 4.78 is 0. The van der Waals surface area contributed by atoms with Crippen molar-refractivity contribution < 1.29 is 9.90 Å². The summed E-state index contributed by atoms with van der Waals surface area (Å²) in [6.45, 7) is 2.77. The predicted octanol–water partition coefficient (Wildman–Crippen LogP) is 5.06. The van der Waals surface area contributed by atoms with Crippen molar-refractivity contribution in [3.63, 3.8) is 0 Å². The minimum absolute atomic E-state index is 0.568. The molecule has 114 valence electrons. The van der Waals surface area contributed by atoms with Crippen molar-refractivity contribution >= 4 is 6.09 Å². The summed E-state index contributed by atoms with van der Waals surface area (Å²) in [6.07, 6.45) is 20.9. The van der Waals surface area contributed by atoms with Crippen molar-refractivity contribution in [3.8, 4) is 0 Å². The fourth-order valence-electron chi connectivity index (χ4n) is 1.74. The Bertz CT molecular complexity index is 306. The van der Waals surface area contributed by atoms with Crippen LogP contribution in [0.15, 0.2) is 36.5 Å². The summed E-state index contributed by atoms with van der Waals surface area (Å²) in [7, 11) is 0. The lowest BCUT2D eigenvalue weighted by atomic mass is 10.1. The topological polar surface area (TPSA) is 49.3 Å². The summed E-state index contributed by atoms with van der Waals surface area (Å²) in [4.78, 5) is 10.2. The number of unbranched alkanes of at least 4 members (excludes halogenated alkanes) is 6. The van der Waals surface area contributed by atoms with Gasteiger partial charge in [-0.1, -0.05) is 69.1 Å². The first-order valence-electron chi connectivity index (χ1n) is 7.72. The Hall–Kier alpha value is -1.51. The molecule has 0 heterocycles. The van der Waals surface area contributed by atoms with Crippen LogP contribution in [-0.2, 0) is 0 Å². The zero-order valence-corrected chi connectivity index (χ0v) is 12.7. The van der Waals surface area contributed by atoms with Crippen molar-refractivity contribution in [2.45, 2.75) is 58.3 Å². The first kappa shape index (κ1) is 18.5. The maximum atomic E-state index is 10.2. The fraction of sp³-hybridized carbons (Fsp3) is 0.588. The molecule has 0 aliphatic carbocycles. The lowest BCUT2D eigenvalue weighted by Gasteiger charge is -2.00. The lowest BCUT2D eigenvalue weighted by Crippen LogP contribution is -2.21. The molecule has 0 radical (unpaired) electrons. The minimum atomic E-state index is -0.927. The van der Waals surface area contributed by atoms with Gasteiger partial charge >= 0.3 is 6.09 Å². The van der Waals surface area contributed by atoms with E-state index in [1.165, 1.54) is 25.7 Å². The quantitative estimate of drug-likeness (QED) is 0.387. The smallest absolute Gasteiger partial charge is 0.404 e. The Labute approximate surface area is 123 Å². The number of rotatable bonds is 12. The van der Waals surface area contributed by atoms with E-state index in [4.69, 9.17) is 5.11 Å². The van der Waals surface area contributed by atoms with Crippen LogP contribution in [0.4, 0.5) is 4.79 Å². The summed E-state index contributed by atoms with van der Waals surface area (Å²) >= 11 is 0. The second kappa shape index (κ2) is 15.5. The number of nitrogens with one attached hydrogen (secondary N) is 1. The third kappa shape index (κ3) is 16.5. The molecule has 0 aliphatic heterocycles. The summed E-state index contributed by atoms with van der Waals surface area (Å²) in [5, 5.41) is 10.8. The number of allylic oxidation sites excluding steroid dienone is 6. The van der Waals surface area contributed by atoms with Crippen LogP contribution in [0, 0.1) is 0 Å². The minimum Gasteiger partial charge on any atom is -0.465 e. The molecule has 0 unspecified atom stereocenters. The average molecular weight is 279 g/mol. The molecule has 0 aromatic heterocycles. The molecule has 0 fully saturated rings. The molecule has 0 spiro atoms. The zero-order chi connectivity index (χ0) is 14.9. The fourth-order valence-corrected chi connectivity index (χ4v) is 1.74. The molecule has 2 N–H and O–H groups in total. The van der Waals surface area contributed by atoms with E-state index in [0.29, 0.717) is 6.54 Å². The van der Waals surface area contributed by atoms with Gasteiger partial charge in [-0.05, 0) is 25.7 Å². The molecule has 0 aromatic rings. The van der Waals surface area contributed by atoms with Gasteiger partial charge < -0.3 is 10.4 Å². The van der Waals surface area contributed by atoms with Gasteiger partial charge in [0.2, 0.25) is 0 Å². The summed E-state index contributed by atoms with van der Waals surface area (Å²) in [5.41, 5.74) is 0.